The molecule has 0 spiro atoms. The second kappa shape index (κ2) is 10.8. The number of aliphatic hydroxyl groups is 1. The molecule has 1 saturated carbocycles. The van der Waals surface area contributed by atoms with Crippen LogP contribution in [0.1, 0.15) is 69.0 Å². The van der Waals surface area contributed by atoms with Gasteiger partial charge in [-0.2, -0.15) is 0 Å². The number of nitrogens with zero attached hydrogens (tertiary/aromatic N) is 5. The fourth-order valence-corrected chi connectivity index (χ4v) is 6.76. The van der Waals surface area contributed by atoms with E-state index in [0.29, 0.717) is 44.8 Å². The molecule has 0 radical (unpaired) electrons. The smallest absolute Gasteiger partial charge is 0.320 e. The molecular formula is C28H40N6O4. The summed E-state index contributed by atoms with van der Waals surface area (Å²) in [7, 11) is 1.69. The van der Waals surface area contributed by atoms with Crippen molar-refractivity contribution in [3.05, 3.63) is 29.6 Å². The van der Waals surface area contributed by atoms with Gasteiger partial charge in [-0.3, -0.25) is 0 Å². The maximum absolute atomic E-state index is 13.4. The molecule has 6 rings (SSSR count). The van der Waals surface area contributed by atoms with Crippen LogP contribution in [-0.4, -0.2) is 99.8 Å². The molecule has 2 saturated heterocycles. The van der Waals surface area contributed by atoms with Crippen LogP contribution in [0.5, 0.6) is 0 Å². The number of hydrogen-bond donors (Lipinski definition) is 2. The van der Waals surface area contributed by atoms with Crippen LogP contribution < -0.4 is 5.32 Å². The molecule has 2 aromatic rings. The Kier molecular flexibility index (Phi) is 7.29. The molecule has 3 aliphatic heterocycles. The highest BCUT2D eigenvalue weighted by atomic mass is 16.5. The number of nitrogens with one attached hydrogen (secondary N) is 1. The maximum atomic E-state index is 13.4. The molecule has 2 N–H and O–H groups in total. The van der Waals surface area contributed by atoms with Crippen molar-refractivity contribution in [2.24, 2.45) is 0 Å². The Morgan fingerprint density at radius 1 is 1.21 bits per heavy atom. The third-order valence-electron chi connectivity index (χ3n) is 8.70. The lowest BCUT2D eigenvalue weighted by Gasteiger charge is -2.39. The van der Waals surface area contributed by atoms with E-state index in [-0.39, 0.29) is 30.3 Å². The van der Waals surface area contributed by atoms with Crippen LogP contribution in [0.3, 0.4) is 0 Å². The van der Waals surface area contributed by atoms with E-state index < -0.39 is 0 Å². The molecule has 3 atom stereocenters. The minimum absolute atomic E-state index is 0.0902. The van der Waals surface area contributed by atoms with Gasteiger partial charge < -0.3 is 29.7 Å². The summed E-state index contributed by atoms with van der Waals surface area (Å²) in [6.07, 6.45) is 10.5. The zero-order chi connectivity index (χ0) is 26.2. The molecule has 3 fully saturated rings. The predicted octanol–water partition coefficient (Wildman–Crippen LogP) is 3.27. The summed E-state index contributed by atoms with van der Waals surface area (Å²) in [5.74, 6) is 0.931. The maximum Gasteiger partial charge on any atom is 0.320 e. The van der Waals surface area contributed by atoms with Crippen molar-refractivity contribution in [2.45, 2.75) is 82.0 Å². The summed E-state index contributed by atoms with van der Waals surface area (Å²) < 4.78 is 12.8. The summed E-state index contributed by atoms with van der Waals surface area (Å²) in [6.45, 7) is 5.20. The van der Waals surface area contributed by atoms with Gasteiger partial charge in [-0.15, -0.1) is 5.10 Å². The standard InChI is InChI=1S/C28H40N6O4/c1-18(17-37-2)30-27-29-16-26-24(15-25(34(26)31-27)19-3-7-23(35)8-4-19)20-13-21-5-6-22(14-20)33(21)28(36)32-9-11-38-12-10-32/h13,15-16,18-19,21-23,35H,3-12,14,17H2,1-2H3,(H,30,31)/t18-,19-,21+,22-,23-/m0/s1. The average molecular weight is 525 g/mol. The summed E-state index contributed by atoms with van der Waals surface area (Å²) in [4.78, 5) is 22.1. The van der Waals surface area contributed by atoms with Crippen molar-refractivity contribution >= 4 is 23.1 Å². The first-order valence-corrected chi connectivity index (χ1v) is 14.2. The number of carbonyl (C=O) groups excluding carboxylic acids is 1. The minimum Gasteiger partial charge on any atom is -0.393 e. The molecule has 38 heavy (non-hydrogen) atoms. The Balaban J connectivity index is 1.32. The van der Waals surface area contributed by atoms with Gasteiger partial charge in [0.15, 0.2) is 0 Å². The van der Waals surface area contributed by atoms with Crippen LogP contribution >= 0.6 is 0 Å². The molecule has 10 heteroatoms. The average Bonchev–Trinajstić information content (AvgIpc) is 3.43. The van der Waals surface area contributed by atoms with Gasteiger partial charge in [0.1, 0.15) is 0 Å². The van der Waals surface area contributed by atoms with Gasteiger partial charge in [-0.25, -0.2) is 14.3 Å². The number of anilines is 1. The fourth-order valence-electron chi connectivity index (χ4n) is 6.76. The fraction of sp³-hybridized carbons (Fsp3) is 0.679. The number of aromatic nitrogens is 3. The highest BCUT2D eigenvalue weighted by molar-refractivity contribution is 5.83. The zero-order valence-corrected chi connectivity index (χ0v) is 22.5. The molecule has 0 unspecified atom stereocenters. The molecule has 2 amide bonds. The van der Waals surface area contributed by atoms with E-state index >= 15 is 0 Å². The monoisotopic (exact) mass is 524 g/mol. The number of morpholine rings is 1. The molecule has 4 aliphatic rings. The second-order valence-corrected chi connectivity index (χ2v) is 11.4. The van der Waals surface area contributed by atoms with E-state index in [1.165, 1.54) is 16.8 Å². The first-order valence-electron chi connectivity index (χ1n) is 14.2. The highest BCUT2D eigenvalue weighted by Gasteiger charge is 2.42. The van der Waals surface area contributed by atoms with E-state index in [1.807, 2.05) is 18.0 Å². The number of amides is 2. The Morgan fingerprint density at radius 2 is 2.00 bits per heavy atom. The summed E-state index contributed by atoms with van der Waals surface area (Å²) in [5.41, 5.74) is 4.67. The Labute approximate surface area is 224 Å². The minimum atomic E-state index is -0.203. The van der Waals surface area contributed by atoms with Crippen LogP contribution in [0.25, 0.3) is 11.1 Å². The predicted molar refractivity (Wildman–Crippen MR) is 144 cm³/mol. The lowest BCUT2D eigenvalue weighted by molar-refractivity contribution is 0.0398. The van der Waals surface area contributed by atoms with Crippen molar-refractivity contribution < 1.29 is 19.4 Å². The first kappa shape index (κ1) is 25.6. The quantitative estimate of drug-likeness (QED) is 0.598. The number of methoxy groups -OCH3 is 1. The van der Waals surface area contributed by atoms with Crippen LogP contribution in [0.15, 0.2) is 18.3 Å². The summed E-state index contributed by atoms with van der Waals surface area (Å²) in [5, 5.41) is 18.4. The summed E-state index contributed by atoms with van der Waals surface area (Å²) >= 11 is 0. The number of fused-ring (bicyclic) bond motifs is 3. The zero-order valence-electron chi connectivity index (χ0n) is 22.5. The van der Waals surface area contributed by atoms with Crippen molar-refractivity contribution in [1.82, 2.24) is 24.4 Å². The van der Waals surface area contributed by atoms with E-state index in [0.717, 1.165) is 50.5 Å². The third kappa shape index (κ3) is 4.89. The van der Waals surface area contributed by atoms with Crippen molar-refractivity contribution in [3.63, 3.8) is 0 Å². The molecular weight excluding hydrogens is 484 g/mol. The van der Waals surface area contributed by atoms with Crippen LogP contribution in [0.4, 0.5) is 10.7 Å². The van der Waals surface area contributed by atoms with Gasteiger partial charge in [-0.05, 0) is 63.5 Å². The van der Waals surface area contributed by atoms with Gasteiger partial charge in [0.25, 0.3) is 0 Å². The van der Waals surface area contributed by atoms with Crippen LogP contribution in [0.2, 0.25) is 0 Å². The van der Waals surface area contributed by atoms with E-state index in [9.17, 15) is 9.90 Å². The third-order valence-corrected chi connectivity index (χ3v) is 8.70. The van der Waals surface area contributed by atoms with Crippen molar-refractivity contribution in [1.29, 1.82) is 0 Å². The number of hydrogen-bond acceptors (Lipinski definition) is 7. The molecule has 5 heterocycles. The largest absolute Gasteiger partial charge is 0.393 e. The number of carbonyl (C=O) groups is 1. The van der Waals surface area contributed by atoms with E-state index in [4.69, 9.17) is 14.6 Å². The second-order valence-electron chi connectivity index (χ2n) is 11.4. The number of rotatable bonds is 6. The Hall–Kier alpha value is -2.69. The van der Waals surface area contributed by atoms with Gasteiger partial charge in [-0.1, -0.05) is 6.08 Å². The molecule has 1 aliphatic carbocycles. The normalized spacial score (nSPS) is 28.4. The van der Waals surface area contributed by atoms with Gasteiger partial charge in [0, 0.05) is 49.5 Å². The topological polar surface area (TPSA) is 104 Å². The van der Waals surface area contributed by atoms with Crippen LogP contribution in [0, 0.1) is 0 Å². The van der Waals surface area contributed by atoms with E-state index in [2.05, 4.69) is 31.9 Å². The molecule has 10 nitrogen and oxygen atoms in total. The number of ether oxygens (including phenoxy) is 2. The number of aliphatic hydroxyl groups excluding tert-OH is 1. The molecule has 0 aromatic carbocycles. The lowest BCUT2D eigenvalue weighted by Crippen LogP contribution is -2.52. The van der Waals surface area contributed by atoms with E-state index in [1.54, 1.807) is 7.11 Å². The molecule has 206 valence electrons. The van der Waals surface area contributed by atoms with Crippen molar-refractivity contribution in [2.75, 3.05) is 45.3 Å². The lowest BCUT2D eigenvalue weighted by atomic mass is 9.85. The van der Waals surface area contributed by atoms with Crippen LogP contribution in [-0.2, 0) is 9.47 Å². The Morgan fingerprint density at radius 3 is 2.74 bits per heavy atom. The Bertz CT molecular complexity index is 1180. The first-order chi connectivity index (χ1) is 18.5. The SMILES string of the molecule is COC[C@H](C)Nc1ncc2c(C3=C[C@H]4CC[C@@H](C3)N4C(=O)N3CCOCC3)cc([C@H]3CC[C@H](O)CC3)n2n1. The van der Waals surface area contributed by atoms with Gasteiger partial charge in [0.05, 0.1) is 43.7 Å². The number of urea groups is 1. The molecule has 2 bridgehead atoms. The summed E-state index contributed by atoms with van der Waals surface area (Å²) in [6, 6.07) is 2.89. The van der Waals surface area contributed by atoms with Crippen molar-refractivity contribution in [3.8, 4) is 0 Å². The highest BCUT2D eigenvalue weighted by Crippen LogP contribution is 2.42. The van der Waals surface area contributed by atoms with Gasteiger partial charge >= 0.3 is 6.03 Å². The van der Waals surface area contributed by atoms with Gasteiger partial charge in [0.2, 0.25) is 5.95 Å². The molecule has 2 aromatic heterocycles.